The topological polar surface area (TPSA) is 85.4 Å². The highest BCUT2D eigenvalue weighted by molar-refractivity contribution is 7.89. The Labute approximate surface area is 168 Å². The highest BCUT2D eigenvalue weighted by atomic mass is 35.5. The Morgan fingerprint density at radius 2 is 1.96 bits per heavy atom. The number of esters is 1. The van der Waals surface area contributed by atoms with E-state index in [2.05, 4.69) is 9.71 Å². The second-order valence-corrected chi connectivity index (χ2v) is 8.41. The minimum absolute atomic E-state index is 0.0342. The van der Waals surface area contributed by atoms with E-state index in [4.69, 9.17) is 16.3 Å². The summed E-state index contributed by atoms with van der Waals surface area (Å²) >= 11 is 6.23. The van der Waals surface area contributed by atoms with Crippen molar-refractivity contribution >= 4 is 38.5 Å². The molecule has 0 bridgehead atoms. The van der Waals surface area contributed by atoms with Gasteiger partial charge in [0, 0.05) is 16.6 Å². The van der Waals surface area contributed by atoms with Crippen molar-refractivity contribution < 1.29 is 17.9 Å². The van der Waals surface area contributed by atoms with E-state index in [1.165, 1.54) is 13.2 Å². The van der Waals surface area contributed by atoms with Crippen molar-refractivity contribution in [1.82, 2.24) is 9.71 Å². The van der Waals surface area contributed by atoms with Crippen molar-refractivity contribution in [1.29, 1.82) is 0 Å². The molecule has 0 radical (unpaired) electrons. The fourth-order valence-electron chi connectivity index (χ4n) is 2.93. The van der Waals surface area contributed by atoms with E-state index < -0.39 is 22.0 Å². The van der Waals surface area contributed by atoms with Gasteiger partial charge in [0.2, 0.25) is 10.0 Å². The molecule has 0 aliphatic rings. The SMILES string of the molecule is COC(=O)CC(NS(=O)(=O)c1cccc2cc(C)cnc12)c1ccccc1Cl. The Bertz CT molecular complexity index is 1130. The molecule has 0 saturated heterocycles. The first-order chi connectivity index (χ1) is 13.3. The lowest BCUT2D eigenvalue weighted by molar-refractivity contribution is -0.141. The lowest BCUT2D eigenvalue weighted by atomic mass is 10.1. The summed E-state index contributed by atoms with van der Waals surface area (Å²) in [7, 11) is -2.75. The second kappa shape index (κ2) is 8.26. The van der Waals surface area contributed by atoms with Crippen LogP contribution in [0.5, 0.6) is 0 Å². The molecule has 1 unspecified atom stereocenters. The van der Waals surface area contributed by atoms with Gasteiger partial charge in [0.15, 0.2) is 0 Å². The molecular formula is C20H19ClN2O4S. The summed E-state index contributed by atoms with van der Waals surface area (Å²) in [4.78, 5) is 16.2. The van der Waals surface area contributed by atoms with Gasteiger partial charge in [-0.2, -0.15) is 0 Å². The first-order valence-corrected chi connectivity index (χ1v) is 10.4. The third-order valence-corrected chi connectivity index (χ3v) is 6.12. The fraction of sp³-hybridized carbons (Fsp3) is 0.200. The smallest absolute Gasteiger partial charge is 0.307 e. The predicted molar refractivity (Wildman–Crippen MR) is 108 cm³/mol. The summed E-state index contributed by atoms with van der Waals surface area (Å²) in [6.07, 6.45) is 1.41. The molecule has 0 aliphatic heterocycles. The lowest BCUT2D eigenvalue weighted by Gasteiger charge is -2.20. The number of aryl methyl sites for hydroxylation is 1. The molecular weight excluding hydrogens is 400 g/mol. The number of hydrogen-bond donors (Lipinski definition) is 1. The van der Waals surface area contributed by atoms with Gasteiger partial charge in [-0.15, -0.1) is 0 Å². The van der Waals surface area contributed by atoms with Gasteiger partial charge in [-0.3, -0.25) is 9.78 Å². The number of halogens is 1. The molecule has 1 aromatic heterocycles. The van der Waals surface area contributed by atoms with Crippen LogP contribution in [-0.4, -0.2) is 26.5 Å². The number of nitrogens with one attached hydrogen (secondary N) is 1. The summed E-state index contributed by atoms with van der Waals surface area (Å²) < 4.78 is 33.6. The van der Waals surface area contributed by atoms with Crippen LogP contribution in [0.3, 0.4) is 0 Å². The van der Waals surface area contributed by atoms with E-state index in [0.717, 1.165) is 5.56 Å². The summed E-state index contributed by atoms with van der Waals surface area (Å²) in [5.41, 5.74) is 1.77. The van der Waals surface area contributed by atoms with Crippen molar-refractivity contribution in [2.24, 2.45) is 0 Å². The molecule has 8 heteroatoms. The van der Waals surface area contributed by atoms with Crippen LogP contribution in [0.2, 0.25) is 5.02 Å². The average Bonchev–Trinajstić information content (AvgIpc) is 2.66. The Balaban J connectivity index is 2.05. The van der Waals surface area contributed by atoms with Gasteiger partial charge in [0.1, 0.15) is 4.90 Å². The number of methoxy groups -OCH3 is 1. The number of benzene rings is 2. The molecule has 1 atom stereocenters. The van der Waals surface area contributed by atoms with Crippen LogP contribution in [0, 0.1) is 6.92 Å². The van der Waals surface area contributed by atoms with E-state index in [1.54, 1.807) is 42.6 Å². The van der Waals surface area contributed by atoms with Gasteiger partial charge < -0.3 is 4.74 Å². The molecule has 146 valence electrons. The molecule has 28 heavy (non-hydrogen) atoms. The summed E-state index contributed by atoms with van der Waals surface area (Å²) in [5.74, 6) is -0.556. The minimum atomic E-state index is -4.00. The van der Waals surface area contributed by atoms with Crippen LogP contribution < -0.4 is 4.72 Å². The normalized spacial score (nSPS) is 12.7. The van der Waals surface area contributed by atoms with Gasteiger partial charge >= 0.3 is 5.97 Å². The van der Waals surface area contributed by atoms with Crippen molar-refractivity contribution in [3.05, 3.63) is 70.9 Å². The molecule has 2 aromatic carbocycles. The van der Waals surface area contributed by atoms with Crippen molar-refractivity contribution in [2.75, 3.05) is 7.11 Å². The van der Waals surface area contributed by atoms with Crippen molar-refractivity contribution in [3.63, 3.8) is 0 Å². The van der Waals surface area contributed by atoms with E-state index in [9.17, 15) is 13.2 Å². The van der Waals surface area contributed by atoms with Crippen LogP contribution in [0.1, 0.15) is 23.6 Å². The Morgan fingerprint density at radius 1 is 1.21 bits per heavy atom. The highest BCUT2D eigenvalue weighted by Crippen LogP contribution is 2.29. The minimum Gasteiger partial charge on any atom is -0.469 e. The van der Waals surface area contributed by atoms with E-state index >= 15 is 0 Å². The van der Waals surface area contributed by atoms with Crippen molar-refractivity contribution in [3.8, 4) is 0 Å². The van der Waals surface area contributed by atoms with Gasteiger partial charge in [-0.1, -0.05) is 41.9 Å². The number of fused-ring (bicyclic) bond motifs is 1. The monoisotopic (exact) mass is 418 g/mol. The highest BCUT2D eigenvalue weighted by Gasteiger charge is 2.27. The zero-order valence-electron chi connectivity index (χ0n) is 15.3. The maximum Gasteiger partial charge on any atom is 0.307 e. The number of nitrogens with zero attached hydrogens (tertiary/aromatic N) is 1. The Hall–Kier alpha value is -2.48. The molecule has 0 aliphatic carbocycles. The number of para-hydroxylation sites is 1. The van der Waals surface area contributed by atoms with Crippen LogP contribution in [0.4, 0.5) is 0 Å². The number of rotatable bonds is 6. The first kappa shape index (κ1) is 20.3. The number of aromatic nitrogens is 1. The molecule has 0 spiro atoms. The number of hydrogen-bond acceptors (Lipinski definition) is 5. The molecule has 3 aromatic rings. The zero-order valence-corrected chi connectivity index (χ0v) is 16.9. The molecule has 6 nitrogen and oxygen atoms in total. The molecule has 3 rings (SSSR count). The molecule has 0 fully saturated rings. The largest absolute Gasteiger partial charge is 0.469 e. The Kier molecular flexibility index (Phi) is 5.98. The molecule has 0 amide bonds. The third kappa shape index (κ3) is 4.32. The van der Waals surface area contributed by atoms with Gasteiger partial charge in [-0.05, 0) is 36.2 Å². The van der Waals surface area contributed by atoms with E-state index in [1.807, 2.05) is 13.0 Å². The number of carbonyl (C=O) groups excluding carboxylic acids is 1. The zero-order chi connectivity index (χ0) is 20.3. The number of carbonyl (C=O) groups is 1. The standard InChI is InChI=1S/C20H19ClN2O4S/c1-13-10-14-6-5-9-18(20(14)22-12-13)28(25,26)23-17(11-19(24)27-2)15-7-3-4-8-16(15)21/h3-10,12,17,23H,11H2,1-2H3. The van der Waals surface area contributed by atoms with Gasteiger partial charge in [0.25, 0.3) is 0 Å². The quantitative estimate of drug-likeness (QED) is 0.616. The van der Waals surface area contributed by atoms with Crippen LogP contribution in [0.15, 0.2) is 59.6 Å². The van der Waals surface area contributed by atoms with Crippen LogP contribution in [0.25, 0.3) is 10.9 Å². The lowest BCUT2D eigenvalue weighted by Crippen LogP contribution is -2.31. The second-order valence-electron chi connectivity index (χ2n) is 6.32. The molecule has 0 saturated carbocycles. The molecule has 1 heterocycles. The van der Waals surface area contributed by atoms with Gasteiger partial charge in [0.05, 0.1) is 25.1 Å². The maximum atomic E-state index is 13.1. The number of pyridine rings is 1. The first-order valence-electron chi connectivity index (χ1n) is 8.51. The maximum absolute atomic E-state index is 13.1. The predicted octanol–water partition coefficient (Wildman–Crippen LogP) is 3.78. The summed E-state index contributed by atoms with van der Waals surface area (Å²) in [6, 6.07) is 12.7. The van der Waals surface area contributed by atoms with E-state index in [-0.39, 0.29) is 11.3 Å². The number of sulfonamides is 1. The summed E-state index contributed by atoms with van der Waals surface area (Å²) in [5, 5.41) is 1.07. The van der Waals surface area contributed by atoms with Gasteiger partial charge in [-0.25, -0.2) is 13.1 Å². The summed E-state index contributed by atoms with van der Waals surface area (Å²) in [6.45, 7) is 1.88. The number of ether oxygens (including phenoxy) is 1. The molecule has 1 N–H and O–H groups in total. The van der Waals surface area contributed by atoms with Crippen LogP contribution in [-0.2, 0) is 19.6 Å². The average molecular weight is 419 g/mol. The fourth-order valence-corrected chi connectivity index (χ4v) is 4.60. The Morgan fingerprint density at radius 3 is 2.68 bits per heavy atom. The van der Waals surface area contributed by atoms with Crippen LogP contribution >= 0.6 is 11.6 Å². The third-order valence-electron chi connectivity index (χ3n) is 4.28. The van der Waals surface area contributed by atoms with E-state index in [0.29, 0.717) is 21.5 Å². The van der Waals surface area contributed by atoms with Crippen molar-refractivity contribution in [2.45, 2.75) is 24.3 Å².